The summed E-state index contributed by atoms with van der Waals surface area (Å²) in [5.41, 5.74) is 8.81. The van der Waals surface area contributed by atoms with Crippen LogP contribution >= 0.6 is 12.4 Å². The Kier molecular flexibility index (Phi) is 7.48. The van der Waals surface area contributed by atoms with E-state index in [0.717, 1.165) is 29.8 Å². The normalized spacial score (nSPS) is 11.4. The van der Waals surface area contributed by atoms with Crippen LogP contribution in [-0.4, -0.2) is 22.6 Å². The first-order chi connectivity index (χ1) is 9.25. The molecule has 1 heterocycles. The third-order valence-corrected chi connectivity index (χ3v) is 4.25. The zero-order valence-corrected chi connectivity index (χ0v) is 14.9. The van der Waals surface area contributed by atoms with Crippen molar-refractivity contribution in [2.75, 3.05) is 6.54 Å². The fourth-order valence-electron chi connectivity index (χ4n) is 2.65. The molecule has 21 heavy (non-hydrogen) atoms. The van der Waals surface area contributed by atoms with Crippen LogP contribution in [-0.2, 0) is 0 Å². The molecule has 0 aliphatic carbocycles. The van der Waals surface area contributed by atoms with Gasteiger partial charge in [-0.05, 0) is 46.6 Å². The fourth-order valence-corrected chi connectivity index (χ4v) is 2.65. The van der Waals surface area contributed by atoms with Crippen LogP contribution in [0, 0.1) is 13.8 Å². The summed E-state index contributed by atoms with van der Waals surface area (Å²) >= 11 is 0. The second-order valence-corrected chi connectivity index (χ2v) is 6.00. The molecule has 0 aliphatic heterocycles. The van der Waals surface area contributed by atoms with Crippen LogP contribution in [0.15, 0.2) is 6.07 Å². The second kappa shape index (κ2) is 7.85. The van der Waals surface area contributed by atoms with Crippen molar-refractivity contribution in [2.45, 2.75) is 66.0 Å². The van der Waals surface area contributed by atoms with Crippen molar-refractivity contribution < 1.29 is 4.79 Å². The monoisotopic (exact) mass is 315 g/mol. The van der Waals surface area contributed by atoms with Gasteiger partial charge in [-0.2, -0.15) is 0 Å². The molecule has 0 saturated heterocycles. The standard InChI is InChI=1S/C16H29N3O.ClH/c1-7-16(17,8-2)10-18-15(20)14-9-12(5)19(11(3)4)13(14)6;/h9,11H,7-8,10,17H2,1-6H3,(H,18,20);1H. The number of nitrogens with one attached hydrogen (secondary N) is 1. The first kappa shape index (κ1) is 20.0. The van der Waals surface area contributed by atoms with Gasteiger partial charge in [-0.3, -0.25) is 4.79 Å². The lowest BCUT2D eigenvalue weighted by Gasteiger charge is -2.26. The largest absolute Gasteiger partial charge is 0.350 e. The maximum Gasteiger partial charge on any atom is 0.253 e. The van der Waals surface area contributed by atoms with Crippen LogP contribution < -0.4 is 11.1 Å². The quantitative estimate of drug-likeness (QED) is 0.845. The summed E-state index contributed by atoms with van der Waals surface area (Å²) in [5, 5.41) is 2.98. The summed E-state index contributed by atoms with van der Waals surface area (Å²) in [4.78, 5) is 12.4. The molecule has 0 unspecified atom stereocenters. The molecule has 3 N–H and O–H groups in total. The first-order valence-corrected chi connectivity index (χ1v) is 7.51. The molecule has 1 aromatic heterocycles. The molecule has 0 aromatic carbocycles. The zero-order valence-electron chi connectivity index (χ0n) is 14.1. The van der Waals surface area contributed by atoms with E-state index in [1.54, 1.807) is 0 Å². The molecule has 0 aliphatic rings. The zero-order chi connectivity index (χ0) is 15.5. The van der Waals surface area contributed by atoms with Gasteiger partial charge in [0, 0.05) is 29.5 Å². The Morgan fingerprint density at radius 1 is 1.33 bits per heavy atom. The highest BCUT2D eigenvalue weighted by molar-refractivity contribution is 5.95. The van der Waals surface area contributed by atoms with Gasteiger partial charge in [-0.25, -0.2) is 0 Å². The molecule has 0 spiro atoms. The van der Waals surface area contributed by atoms with E-state index in [1.165, 1.54) is 0 Å². The van der Waals surface area contributed by atoms with Crippen LogP contribution in [0.25, 0.3) is 0 Å². The summed E-state index contributed by atoms with van der Waals surface area (Å²) in [5.74, 6) is -0.0262. The number of carbonyl (C=O) groups is 1. The minimum atomic E-state index is -0.306. The summed E-state index contributed by atoms with van der Waals surface area (Å²) < 4.78 is 2.18. The topological polar surface area (TPSA) is 60.0 Å². The van der Waals surface area contributed by atoms with Gasteiger partial charge in [0.15, 0.2) is 0 Å². The summed E-state index contributed by atoms with van der Waals surface area (Å²) in [6, 6.07) is 2.32. The van der Waals surface area contributed by atoms with Crippen molar-refractivity contribution >= 4 is 18.3 Å². The van der Waals surface area contributed by atoms with Gasteiger partial charge in [0.2, 0.25) is 0 Å². The molecule has 122 valence electrons. The molecule has 1 amide bonds. The van der Waals surface area contributed by atoms with E-state index in [0.29, 0.717) is 12.6 Å². The molecule has 5 heteroatoms. The van der Waals surface area contributed by atoms with Crippen molar-refractivity contribution in [3.63, 3.8) is 0 Å². The SMILES string of the molecule is CCC(N)(CC)CNC(=O)c1cc(C)n(C(C)C)c1C.Cl. The van der Waals surface area contributed by atoms with Crippen LogP contribution in [0.4, 0.5) is 0 Å². The smallest absolute Gasteiger partial charge is 0.253 e. The Labute approximate surface area is 134 Å². The predicted molar refractivity (Wildman–Crippen MR) is 91.4 cm³/mol. The molecule has 1 aromatic rings. The number of halogens is 1. The Morgan fingerprint density at radius 3 is 2.24 bits per heavy atom. The van der Waals surface area contributed by atoms with Gasteiger partial charge in [0.25, 0.3) is 5.91 Å². The minimum absolute atomic E-state index is 0. The molecule has 0 atom stereocenters. The third kappa shape index (κ3) is 4.48. The third-order valence-electron chi connectivity index (χ3n) is 4.25. The molecule has 0 saturated carbocycles. The molecule has 1 rings (SSSR count). The first-order valence-electron chi connectivity index (χ1n) is 7.51. The Hall–Kier alpha value is -1.00. The van der Waals surface area contributed by atoms with Crippen molar-refractivity contribution in [1.82, 2.24) is 9.88 Å². The van der Waals surface area contributed by atoms with Gasteiger partial charge in [0.05, 0.1) is 5.56 Å². The number of nitrogens with two attached hydrogens (primary N) is 1. The van der Waals surface area contributed by atoms with Gasteiger partial charge in [-0.15, -0.1) is 12.4 Å². The van der Waals surface area contributed by atoms with Crippen molar-refractivity contribution in [3.8, 4) is 0 Å². The number of aryl methyl sites for hydroxylation is 1. The number of carbonyl (C=O) groups excluding carboxylic acids is 1. The Balaban J connectivity index is 0.00000400. The number of aromatic nitrogens is 1. The van der Waals surface area contributed by atoms with Crippen molar-refractivity contribution in [1.29, 1.82) is 0 Å². The lowest BCUT2D eigenvalue weighted by Crippen LogP contribution is -2.49. The van der Waals surface area contributed by atoms with E-state index in [9.17, 15) is 4.79 Å². The molecule has 0 fully saturated rings. The molecule has 4 nitrogen and oxygen atoms in total. The van der Waals surface area contributed by atoms with E-state index >= 15 is 0 Å². The van der Waals surface area contributed by atoms with Crippen molar-refractivity contribution in [3.05, 3.63) is 23.0 Å². The summed E-state index contributed by atoms with van der Waals surface area (Å²) in [7, 11) is 0. The van der Waals surface area contributed by atoms with Crippen LogP contribution in [0.3, 0.4) is 0 Å². The average molecular weight is 316 g/mol. The molecular weight excluding hydrogens is 286 g/mol. The average Bonchev–Trinajstić information content (AvgIpc) is 2.71. The molecular formula is C16H30ClN3O. The van der Waals surface area contributed by atoms with Gasteiger partial charge >= 0.3 is 0 Å². The van der Waals surface area contributed by atoms with E-state index < -0.39 is 0 Å². The van der Waals surface area contributed by atoms with Crippen LogP contribution in [0.5, 0.6) is 0 Å². The number of rotatable bonds is 6. The van der Waals surface area contributed by atoms with E-state index in [4.69, 9.17) is 5.73 Å². The highest BCUT2D eigenvalue weighted by Gasteiger charge is 2.23. The lowest BCUT2D eigenvalue weighted by molar-refractivity contribution is 0.0941. The second-order valence-electron chi connectivity index (χ2n) is 6.00. The lowest BCUT2D eigenvalue weighted by atomic mass is 9.94. The highest BCUT2D eigenvalue weighted by atomic mass is 35.5. The van der Waals surface area contributed by atoms with Crippen molar-refractivity contribution in [2.24, 2.45) is 5.73 Å². The van der Waals surface area contributed by atoms with Gasteiger partial charge in [-0.1, -0.05) is 13.8 Å². The highest BCUT2D eigenvalue weighted by Crippen LogP contribution is 2.20. The van der Waals surface area contributed by atoms with Gasteiger partial charge in [0.1, 0.15) is 0 Å². The number of amides is 1. The molecule has 0 bridgehead atoms. The van der Waals surface area contributed by atoms with E-state index in [2.05, 4.69) is 37.6 Å². The minimum Gasteiger partial charge on any atom is -0.350 e. The van der Waals surface area contributed by atoms with Crippen LogP contribution in [0.1, 0.15) is 68.3 Å². The summed E-state index contributed by atoms with van der Waals surface area (Å²) in [6.45, 7) is 12.9. The van der Waals surface area contributed by atoms with E-state index in [-0.39, 0.29) is 23.9 Å². The maximum absolute atomic E-state index is 12.4. The maximum atomic E-state index is 12.4. The number of hydrogen-bond acceptors (Lipinski definition) is 2. The molecule has 0 radical (unpaired) electrons. The van der Waals surface area contributed by atoms with E-state index in [1.807, 2.05) is 19.9 Å². The number of nitrogens with zero attached hydrogens (tertiary/aromatic N) is 1. The Bertz CT molecular complexity index is 476. The predicted octanol–water partition coefficient (Wildman–Crippen LogP) is 3.35. The fraction of sp³-hybridized carbons (Fsp3) is 0.688. The Morgan fingerprint density at radius 2 is 1.86 bits per heavy atom. The van der Waals surface area contributed by atoms with Gasteiger partial charge < -0.3 is 15.6 Å². The van der Waals surface area contributed by atoms with Crippen LogP contribution in [0.2, 0.25) is 0 Å². The number of hydrogen-bond donors (Lipinski definition) is 2. The summed E-state index contributed by atoms with van der Waals surface area (Å²) in [6.07, 6.45) is 1.71.